The van der Waals surface area contributed by atoms with E-state index in [0.717, 1.165) is 6.42 Å². The number of anilines is 1. The normalized spacial score (nSPS) is 23.2. The van der Waals surface area contributed by atoms with Crippen molar-refractivity contribution in [2.24, 2.45) is 5.92 Å². The predicted molar refractivity (Wildman–Crippen MR) is 67.2 cm³/mol. The predicted octanol–water partition coefficient (Wildman–Crippen LogP) is 0.601. The summed E-state index contributed by atoms with van der Waals surface area (Å²) < 4.78 is 4.90. The highest BCUT2D eigenvalue weighted by Gasteiger charge is 2.32. The van der Waals surface area contributed by atoms with Crippen LogP contribution in [0, 0.1) is 16.0 Å². The van der Waals surface area contributed by atoms with Crippen LogP contribution in [0.4, 0.5) is 11.5 Å². The highest BCUT2D eigenvalue weighted by Crippen LogP contribution is 2.34. The van der Waals surface area contributed by atoms with Gasteiger partial charge in [-0.3, -0.25) is 10.1 Å². The SMILES string of the molecule is COc1ncnc(N2CCC(C)C(O)C2)c1[N+](=O)[O-]. The van der Waals surface area contributed by atoms with Crippen molar-refractivity contribution in [2.45, 2.75) is 19.4 Å². The molecule has 104 valence electrons. The molecule has 1 aliphatic heterocycles. The zero-order valence-corrected chi connectivity index (χ0v) is 10.8. The van der Waals surface area contributed by atoms with Gasteiger partial charge >= 0.3 is 5.69 Å². The molecule has 1 N–H and O–H groups in total. The number of piperidine rings is 1. The summed E-state index contributed by atoms with van der Waals surface area (Å²) in [5.74, 6) is 0.310. The van der Waals surface area contributed by atoms with Crippen molar-refractivity contribution in [2.75, 3.05) is 25.1 Å². The number of nitro groups is 1. The summed E-state index contributed by atoms with van der Waals surface area (Å²) in [5, 5.41) is 21.0. The summed E-state index contributed by atoms with van der Waals surface area (Å²) in [5.41, 5.74) is -0.258. The van der Waals surface area contributed by atoms with E-state index in [4.69, 9.17) is 4.74 Å². The van der Waals surface area contributed by atoms with Crippen molar-refractivity contribution in [3.8, 4) is 5.88 Å². The second kappa shape index (κ2) is 5.35. The Kier molecular flexibility index (Phi) is 3.79. The number of hydrogen-bond acceptors (Lipinski definition) is 7. The molecule has 0 spiro atoms. The van der Waals surface area contributed by atoms with Gasteiger partial charge in [-0.15, -0.1) is 0 Å². The molecule has 1 aliphatic rings. The minimum absolute atomic E-state index is 0.0666. The molecular weight excluding hydrogens is 252 g/mol. The Morgan fingerprint density at radius 3 is 2.89 bits per heavy atom. The molecule has 0 bridgehead atoms. The summed E-state index contributed by atoms with van der Waals surface area (Å²) in [4.78, 5) is 20.0. The van der Waals surface area contributed by atoms with Crippen LogP contribution in [0.25, 0.3) is 0 Å². The van der Waals surface area contributed by atoms with E-state index in [1.165, 1.54) is 13.4 Å². The Labute approximate surface area is 110 Å². The summed E-state index contributed by atoms with van der Waals surface area (Å²) in [6, 6.07) is 0. The average Bonchev–Trinajstić information content (AvgIpc) is 2.40. The van der Waals surface area contributed by atoms with Crippen LogP contribution in [0.1, 0.15) is 13.3 Å². The van der Waals surface area contributed by atoms with Crippen LogP contribution in [-0.2, 0) is 0 Å². The quantitative estimate of drug-likeness (QED) is 0.632. The van der Waals surface area contributed by atoms with Crippen LogP contribution in [0.5, 0.6) is 5.88 Å². The Hall–Kier alpha value is -1.96. The van der Waals surface area contributed by atoms with E-state index in [1.54, 1.807) is 4.90 Å². The zero-order chi connectivity index (χ0) is 14.0. The summed E-state index contributed by atoms with van der Waals surface area (Å²) >= 11 is 0. The minimum atomic E-state index is -0.557. The molecule has 19 heavy (non-hydrogen) atoms. The van der Waals surface area contributed by atoms with Crippen molar-refractivity contribution < 1.29 is 14.8 Å². The lowest BCUT2D eigenvalue weighted by molar-refractivity contribution is -0.385. The lowest BCUT2D eigenvalue weighted by Crippen LogP contribution is -2.43. The molecule has 1 aromatic rings. The fraction of sp³-hybridized carbons (Fsp3) is 0.636. The Bertz CT molecular complexity index is 482. The standard InChI is InChI=1S/C11H16N4O4/c1-7-3-4-14(5-8(7)16)10-9(15(17)18)11(19-2)13-6-12-10/h6-8,16H,3-5H2,1-2H3. The van der Waals surface area contributed by atoms with Gasteiger partial charge in [-0.05, 0) is 12.3 Å². The molecule has 1 fully saturated rings. The van der Waals surface area contributed by atoms with E-state index < -0.39 is 11.0 Å². The molecule has 8 heteroatoms. The third-order valence-corrected chi connectivity index (χ3v) is 3.36. The number of rotatable bonds is 3. The van der Waals surface area contributed by atoms with Gasteiger partial charge in [-0.2, -0.15) is 4.98 Å². The van der Waals surface area contributed by atoms with Crippen LogP contribution in [0.2, 0.25) is 0 Å². The van der Waals surface area contributed by atoms with Gasteiger partial charge in [0.25, 0.3) is 5.88 Å². The van der Waals surface area contributed by atoms with E-state index in [-0.39, 0.29) is 23.3 Å². The van der Waals surface area contributed by atoms with Crippen LogP contribution in [0.3, 0.4) is 0 Å². The lowest BCUT2D eigenvalue weighted by atomic mass is 9.96. The first-order valence-electron chi connectivity index (χ1n) is 6.01. The van der Waals surface area contributed by atoms with Gasteiger partial charge < -0.3 is 14.7 Å². The van der Waals surface area contributed by atoms with Crippen LogP contribution in [0.15, 0.2) is 6.33 Å². The average molecular weight is 268 g/mol. The number of aromatic nitrogens is 2. The molecule has 0 aliphatic carbocycles. The van der Waals surface area contributed by atoms with Crippen LogP contribution < -0.4 is 9.64 Å². The molecule has 2 rings (SSSR count). The highest BCUT2D eigenvalue weighted by atomic mass is 16.6. The minimum Gasteiger partial charge on any atom is -0.476 e. The summed E-state index contributed by atoms with van der Waals surface area (Å²) in [7, 11) is 1.33. The van der Waals surface area contributed by atoms with Gasteiger partial charge in [0.05, 0.1) is 18.1 Å². The Balaban J connectivity index is 2.37. The Morgan fingerprint density at radius 2 is 2.32 bits per heavy atom. The highest BCUT2D eigenvalue weighted by molar-refractivity contribution is 5.62. The topological polar surface area (TPSA) is 102 Å². The van der Waals surface area contributed by atoms with Gasteiger partial charge in [0.2, 0.25) is 5.82 Å². The van der Waals surface area contributed by atoms with Crippen molar-refractivity contribution in [3.63, 3.8) is 0 Å². The molecule has 1 saturated heterocycles. The van der Waals surface area contributed by atoms with E-state index >= 15 is 0 Å². The van der Waals surface area contributed by atoms with Crippen molar-refractivity contribution in [1.29, 1.82) is 0 Å². The molecular formula is C11H16N4O4. The molecule has 0 aromatic carbocycles. The van der Waals surface area contributed by atoms with E-state index in [1.807, 2.05) is 6.92 Å². The van der Waals surface area contributed by atoms with E-state index in [9.17, 15) is 15.2 Å². The second-order valence-electron chi connectivity index (χ2n) is 4.59. The summed E-state index contributed by atoms with van der Waals surface area (Å²) in [6.45, 7) is 2.89. The molecule has 0 amide bonds. The fourth-order valence-corrected chi connectivity index (χ4v) is 2.14. The number of ether oxygens (including phenoxy) is 1. The molecule has 2 unspecified atom stereocenters. The van der Waals surface area contributed by atoms with Crippen molar-refractivity contribution >= 4 is 11.5 Å². The first kappa shape index (κ1) is 13.5. The van der Waals surface area contributed by atoms with Gasteiger partial charge in [-0.25, -0.2) is 4.98 Å². The Morgan fingerprint density at radius 1 is 1.58 bits per heavy atom. The third-order valence-electron chi connectivity index (χ3n) is 3.36. The smallest absolute Gasteiger partial charge is 0.372 e. The maximum Gasteiger partial charge on any atom is 0.372 e. The maximum absolute atomic E-state index is 11.1. The largest absolute Gasteiger partial charge is 0.476 e. The maximum atomic E-state index is 11.1. The van der Waals surface area contributed by atoms with Gasteiger partial charge in [0.1, 0.15) is 6.33 Å². The second-order valence-corrected chi connectivity index (χ2v) is 4.59. The van der Waals surface area contributed by atoms with Gasteiger partial charge in [0, 0.05) is 13.1 Å². The summed E-state index contributed by atoms with van der Waals surface area (Å²) in [6.07, 6.45) is 1.46. The zero-order valence-electron chi connectivity index (χ0n) is 10.8. The number of aliphatic hydroxyl groups excluding tert-OH is 1. The number of methoxy groups -OCH3 is 1. The molecule has 0 saturated carbocycles. The monoisotopic (exact) mass is 268 g/mol. The van der Waals surface area contributed by atoms with Gasteiger partial charge in [-0.1, -0.05) is 6.92 Å². The third kappa shape index (κ3) is 2.58. The number of nitrogens with zero attached hydrogens (tertiary/aromatic N) is 4. The first-order chi connectivity index (χ1) is 9.04. The van der Waals surface area contributed by atoms with Crippen molar-refractivity contribution in [1.82, 2.24) is 9.97 Å². The van der Waals surface area contributed by atoms with Gasteiger partial charge in [0.15, 0.2) is 0 Å². The molecule has 0 radical (unpaired) electrons. The van der Waals surface area contributed by atoms with Crippen LogP contribution >= 0.6 is 0 Å². The number of β-amino-alcohol motifs (C(OH)–C–C–N with tert-alkyl or cyclic N) is 1. The molecule has 8 nitrogen and oxygen atoms in total. The molecule has 2 heterocycles. The van der Waals surface area contributed by atoms with Crippen LogP contribution in [-0.4, -0.2) is 46.3 Å². The number of hydrogen-bond donors (Lipinski definition) is 1. The molecule has 2 atom stereocenters. The fourth-order valence-electron chi connectivity index (χ4n) is 2.14. The molecule has 1 aromatic heterocycles. The first-order valence-corrected chi connectivity index (χ1v) is 6.01. The van der Waals surface area contributed by atoms with Crippen molar-refractivity contribution in [3.05, 3.63) is 16.4 Å². The lowest BCUT2D eigenvalue weighted by Gasteiger charge is -2.34. The van der Waals surface area contributed by atoms with E-state index in [2.05, 4.69) is 9.97 Å². The van der Waals surface area contributed by atoms with E-state index in [0.29, 0.717) is 13.1 Å². The number of aliphatic hydroxyl groups is 1.